The number of rotatable bonds is 7. The van der Waals surface area contributed by atoms with Gasteiger partial charge in [-0.1, -0.05) is 6.07 Å². The van der Waals surface area contributed by atoms with Crippen LogP contribution in [-0.4, -0.2) is 54.9 Å². The van der Waals surface area contributed by atoms with Crippen molar-refractivity contribution >= 4 is 17.2 Å². The maximum Gasteiger partial charge on any atom is 0.220 e. The van der Waals surface area contributed by atoms with Gasteiger partial charge in [0.15, 0.2) is 0 Å². The molecule has 1 aromatic rings. The highest BCUT2D eigenvalue weighted by atomic mass is 32.1. The molecule has 6 heteroatoms. The summed E-state index contributed by atoms with van der Waals surface area (Å²) in [5.41, 5.74) is 0. The predicted octanol–water partition coefficient (Wildman–Crippen LogP) is 1.40. The van der Waals surface area contributed by atoms with Gasteiger partial charge in [0.2, 0.25) is 5.91 Å². The standard InChI is InChI=1S/C15H24N2O3S/c1-12(18)4-5-15(19)16-11-13(14-3-2-10-21-14)17-6-8-20-9-7-17/h2-3,10,12-13,18H,4-9,11H2,1H3,(H,16,19). The second kappa shape index (κ2) is 8.48. The first-order chi connectivity index (χ1) is 10.2. The third-order valence-corrected chi connectivity index (χ3v) is 4.61. The van der Waals surface area contributed by atoms with E-state index in [1.54, 1.807) is 18.3 Å². The molecule has 2 rings (SSSR count). The Morgan fingerprint density at radius 3 is 2.90 bits per heavy atom. The van der Waals surface area contributed by atoms with Crippen molar-refractivity contribution in [2.24, 2.45) is 0 Å². The summed E-state index contributed by atoms with van der Waals surface area (Å²) in [7, 11) is 0. The van der Waals surface area contributed by atoms with Crippen LogP contribution in [0.4, 0.5) is 0 Å². The smallest absolute Gasteiger partial charge is 0.220 e. The van der Waals surface area contributed by atoms with E-state index in [2.05, 4.69) is 21.7 Å². The fourth-order valence-corrected chi connectivity index (χ4v) is 3.28. The van der Waals surface area contributed by atoms with Crippen LogP contribution >= 0.6 is 11.3 Å². The van der Waals surface area contributed by atoms with Crippen LogP contribution in [0.25, 0.3) is 0 Å². The van der Waals surface area contributed by atoms with Gasteiger partial charge in [-0.3, -0.25) is 9.69 Å². The highest BCUT2D eigenvalue weighted by Crippen LogP contribution is 2.25. The molecule has 1 aliphatic heterocycles. The zero-order valence-corrected chi connectivity index (χ0v) is 13.3. The first-order valence-electron chi connectivity index (χ1n) is 7.47. The summed E-state index contributed by atoms with van der Waals surface area (Å²) in [6, 6.07) is 4.37. The average molecular weight is 312 g/mol. The van der Waals surface area contributed by atoms with E-state index in [-0.39, 0.29) is 11.9 Å². The second-order valence-corrected chi connectivity index (χ2v) is 6.35. The van der Waals surface area contributed by atoms with E-state index in [0.29, 0.717) is 19.4 Å². The van der Waals surface area contributed by atoms with Crippen molar-refractivity contribution in [2.75, 3.05) is 32.8 Å². The number of carbonyl (C=O) groups is 1. The van der Waals surface area contributed by atoms with E-state index in [4.69, 9.17) is 4.74 Å². The molecule has 21 heavy (non-hydrogen) atoms. The zero-order chi connectivity index (χ0) is 15.1. The molecule has 2 N–H and O–H groups in total. The van der Waals surface area contributed by atoms with Crippen molar-refractivity contribution in [2.45, 2.75) is 31.9 Å². The van der Waals surface area contributed by atoms with Crippen molar-refractivity contribution < 1.29 is 14.6 Å². The van der Waals surface area contributed by atoms with E-state index in [0.717, 1.165) is 26.3 Å². The molecule has 0 aromatic carbocycles. The molecule has 0 aliphatic carbocycles. The van der Waals surface area contributed by atoms with Crippen LogP contribution in [0.5, 0.6) is 0 Å². The fourth-order valence-electron chi connectivity index (χ4n) is 2.42. The predicted molar refractivity (Wildman–Crippen MR) is 83.4 cm³/mol. The molecule has 0 radical (unpaired) electrons. The molecule has 2 atom stereocenters. The van der Waals surface area contributed by atoms with Gasteiger partial charge in [-0.25, -0.2) is 0 Å². The molecule has 0 bridgehead atoms. The third-order valence-electron chi connectivity index (χ3n) is 3.64. The Hall–Kier alpha value is -0.950. The van der Waals surface area contributed by atoms with Crippen molar-refractivity contribution in [1.82, 2.24) is 10.2 Å². The number of ether oxygens (including phenoxy) is 1. The number of thiophene rings is 1. The minimum absolute atomic E-state index is 0.00529. The molecular formula is C15H24N2O3S. The Morgan fingerprint density at radius 2 is 2.29 bits per heavy atom. The van der Waals surface area contributed by atoms with Crippen molar-refractivity contribution in [3.05, 3.63) is 22.4 Å². The molecule has 0 spiro atoms. The minimum atomic E-state index is -0.428. The molecule has 118 valence electrons. The summed E-state index contributed by atoms with van der Waals surface area (Å²) in [6.07, 6.45) is 0.452. The highest BCUT2D eigenvalue weighted by molar-refractivity contribution is 7.10. The van der Waals surface area contributed by atoms with Gasteiger partial charge >= 0.3 is 0 Å². The van der Waals surface area contributed by atoms with E-state index >= 15 is 0 Å². The Kier molecular flexibility index (Phi) is 6.63. The molecule has 1 aliphatic rings. The normalized spacial score (nSPS) is 19.1. The molecule has 1 fully saturated rings. The first-order valence-corrected chi connectivity index (χ1v) is 8.34. The van der Waals surface area contributed by atoms with Gasteiger partial charge in [0.05, 0.1) is 25.4 Å². The Bertz CT molecular complexity index is 417. The van der Waals surface area contributed by atoms with Crippen LogP contribution in [0, 0.1) is 0 Å². The molecular weight excluding hydrogens is 288 g/mol. The number of hydrogen-bond acceptors (Lipinski definition) is 5. The number of aliphatic hydroxyl groups excluding tert-OH is 1. The SMILES string of the molecule is CC(O)CCC(=O)NCC(c1cccs1)N1CCOCC1. The second-order valence-electron chi connectivity index (χ2n) is 5.37. The zero-order valence-electron chi connectivity index (χ0n) is 12.5. The summed E-state index contributed by atoms with van der Waals surface area (Å²) >= 11 is 1.72. The third kappa shape index (κ3) is 5.39. The Morgan fingerprint density at radius 1 is 1.52 bits per heavy atom. The molecule has 1 amide bonds. The summed E-state index contributed by atoms with van der Waals surface area (Å²) in [5.74, 6) is 0.00529. The first kappa shape index (κ1) is 16.4. The number of hydrogen-bond donors (Lipinski definition) is 2. The van der Waals surface area contributed by atoms with Gasteiger partial charge in [0, 0.05) is 30.9 Å². The van der Waals surface area contributed by atoms with Crippen LogP contribution in [0.1, 0.15) is 30.7 Å². The van der Waals surface area contributed by atoms with Gasteiger partial charge in [-0.15, -0.1) is 11.3 Å². The van der Waals surface area contributed by atoms with Gasteiger partial charge < -0.3 is 15.2 Å². The summed E-state index contributed by atoms with van der Waals surface area (Å²) < 4.78 is 5.40. The van der Waals surface area contributed by atoms with Gasteiger partial charge in [0.25, 0.3) is 0 Å². The van der Waals surface area contributed by atoms with Crippen molar-refractivity contribution in [1.29, 1.82) is 0 Å². The monoisotopic (exact) mass is 312 g/mol. The molecule has 5 nitrogen and oxygen atoms in total. The van der Waals surface area contributed by atoms with Crippen LogP contribution < -0.4 is 5.32 Å². The van der Waals surface area contributed by atoms with Crippen molar-refractivity contribution in [3.8, 4) is 0 Å². The van der Waals surface area contributed by atoms with Crippen molar-refractivity contribution in [3.63, 3.8) is 0 Å². The van der Waals surface area contributed by atoms with Gasteiger partial charge in [-0.2, -0.15) is 0 Å². The Balaban J connectivity index is 1.88. The molecule has 0 saturated carbocycles. The maximum absolute atomic E-state index is 11.8. The number of amides is 1. The molecule has 2 heterocycles. The summed E-state index contributed by atoms with van der Waals surface area (Å²) in [4.78, 5) is 15.5. The van der Waals surface area contributed by atoms with E-state index in [9.17, 15) is 9.90 Å². The maximum atomic E-state index is 11.8. The lowest BCUT2D eigenvalue weighted by molar-refractivity contribution is -0.122. The molecule has 1 aromatic heterocycles. The lowest BCUT2D eigenvalue weighted by Gasteiger charge is -2.34. The molecule has 1 saturated heterocycles. The van der Waals surface area contributed by atoms with Crippen LogP contribution in [0.2, 0.25) is 0 Å². The van der Waals surface area contributed by atoms with E-state index < -0.39 is 6.10 Å². The van der Waals surface area contributed by atoms with E-state index in [1.165, 1.54) is 4.88 Å². The van der Waals surface area contributed by atoms with Crippen LogP contribution in [0.15, 0.2) is 17.5 Å². The number of morpholine rings is 1. The number of aliphatic hydroxyl groups is 1. The van der Waals surface area contributed by atoms with Gasteiger partial charge in [-0.05, 0) is 24.8 Å². The Labute approximate surface area is 129 Å². The summed E-state index contributed by atoms with van der Waals surface area (Å²) in [5, 5.41) is 14.3. The number of nitrogens with one attached hydrogen (secondary N) is 1. The topological polar surface area (TPSA) is 61.8 Å². The minimum Gasteiger partial charge on any atom is -0.393 e. The van der Waals surface area contributed by atoms with E-state index in [1.807, 2.05) is 6.07 Å². The van der Waals surface area contributed by atoms with Crippen LogP contribution in [0.3, 0.4) is 0 Å². The van der Waals surface area contributed by atoms with Gasteiger partial charge in [0.1, 0.15) is 0 Å². The lowest BCUT2D eigenvalue weighted by Crippen LogP contribution is -2.43. The summed E-state index contributed by atoms with van der Waals surface area (Å²) in [6.45, 7) is 5.60. The lowest BCUT2D eigenvalue weighted by atomic mass is 10.1. The number of carbonyl (C=O) groups excluding carboxylic acids is 1. The molecule has 2 unspecified atom stereocenters. The van der Waals surface area contributed by atoms with Crippen LogP contribution in [-0.2, 0) is 9.53 Å². The largest absolute Gasteiger partial charge is 0.393 e. The average Bonchev–Trinajstić information content (AvgIpc) is 3.00. The quantitative estimate of drug-likeness (QED) is 0.799. The fraction of sp³-hybridized carbons (Fsp3) is 0.667. The number of nitrogens with zero attached hydrogens (tertiary/aromatic N) is 1. The highest BCUT2D eigenvalue weighted by Gasteiger charge is 2.23.